The van der Waals surface area contributed by atoms with Gasteiger partial charge in [0.15, 0.2) is 6.61 Å². The molecule has 8 heteroatoms. The van der Waals surface area contributed by atoms with Gasteiger partial charge in [-0.25, -0.2) is 17.5 Å². The lowest BCUT2D eigenvalue weighted by Crippen LogP contribution is -2.31. The maximum absolute atomic E-state index is 13.8. The van der Waals surface area contributed by atoms with Crippen molar-refractivity contribution in [3.63, 3.8) is 0 Å². The van der Waals surface area contributed by atoms with E-state index in [1.807, 2.05) is 30.3 Å². The van der Waals surface area contributed by atoms with Gasteiger partial charge < -0.3 is 9.64 Å². The molecule has 1 atom stereocenters. The zero-order chi connectivity index (χ0) is 23.1. The molecule has 0 fully saturated rings. The Balaban J connectivity index is 1.56. The molecule has 0 aliphatic carbocycles. The van der Waals surface area contributed by atoms with Crippen LogP contribution in [0.15, 0.2) is 83.8 Å². The molecule has 0 spiro atoms. The second-order valence-corrected chi connectivity index (χ2v) is 9.07. The van der Waals surface area contributed by atoms with Crippen molar-refractivity contribution >= 4 is 15.9 Å². The van der Waals surface area contributed by atoms with Crippen LogP contribution in [0.5, 0.6) is 5.75 Å². The minimum absolute atomic E-state index is 0.0932. The second kappa shape index (κ2) is 10.4. The third kappa shape index (κ3) is 6.15. The first-order valence-electron chi connectivity index (χ1n) is 10.0. The van der Waals surface area contributed by atoms with E-state index in [0.29, 0.717) is 11.3 Å². The van der Waals surface area contributed by atoms with Crippen molar-refractivity contribution in [1.82, 2.24) is 9.62 Å². The van der Waals surface area contributed by atoms with E-state index in [1.165, 1.54) is 35.2 Å². The first-order valence-corrected chi connectivity index (χ1v) is 11.5. The summed E-state index contributed by atoms with van der Waals surface area (Å²) in [7, 11) is -2.16. The molecule has 168 valence electrons. The Hall–Kier alpha value is -3.23. The summed E-state index contributed by atoms with van der Waals surface area (Å²) in [5.41, 5.74) is 1.27. The van der Waals surface area contributed by atoms with Crippen LogP contribution in [0, 0.1) is 5.82 Å². The lowest BCUT2D eigenvalue weighted by atomic mass is 10.1. The molecule has 32 heavy (non-hydrogen) atoms. The van der Waals surface area contributed by atoms with Gasteiger partial charge in [-0.1, -0.05) is 48.5 Å². The molecule has 0 radical (unpaired) electrons. The molecular weight excluding hydrogens is 431 g/mol. The Morgan fingerprint density at radius 3 is 2.28 bits per heavy atom. The van der Waals surface area contributed by atoms with Crippen LogP contribution in [0.3, 0.4) is 0 Å². The molecule has 0 aliphatic heterocycles. The zero-order valence-electron chi connectivity index (χ0n) is 17.9. The molecule has 0 saturated heterocycles. The number of benzene rings is 3. The summed E-state index contributed by atoms with van der Waals surface area (Å²) in [4.78, 5) is 13.7. The second-order valence-electron chi connectivity index (χ2n) is 7.35. The van der Waals surface area contributed by atoms with Crippen LogP contribution >= 0.6 is 0 Å². The van der Waals surface area contributed by atoms with E-state index in [2.05, 4.69) is 4.72 Å². The summed E-state index contributed by atoms with van der Waals surface area (Å²) >= 11 is 0. The Kier molecular flexibility index (Phi) is 7.61. The van der Waals surface area contributed by atoms with Gasteiger partial charge in [0.25, 0.3) is 5.91 Å². The summed E-state index contributed by atoms with van der Waals surface area (Å²) in [6, 6.07) is 21.0. The predicted octanol–water partition coefficient (Wildman–Crippen LogP) is 3.90. The van der Waals surface area contributed by atoms with Crippen molar-refractivity contribution in [2.75, 3.05) is 13.7 Å². The monoisotopic (exact) mass is 456 g/mol. The van der Waals surface area contributed by atoms with Crippen molar-refractivity contribution < 1.29 is 22.3 Å². The van der Waals surface area contributed by atoms with Gasteiger partial charge in [-0.3, -0.25) is 4.79 Å². The average Bonchev–Trinajstić information content (AvgIpc) is 2.79. The number of nitrogens with one attached hydrogen (secondary N) is 1. The molecule has 0 saturated carbocycles. The number of hydrogen-bond donors (Lipinski definition) is 1. The Morgan fingerprint density at radius 2 is 1.62 bits per heavy atom. The third-order valence-electron chi connectivity index (χ3n) is 4.92. The lowest BCUT2D eigenvalue weighted by molar-refractivity contribution is -0.132. The number of halogens is 1. The van der Waals surface area contributed by atoms with Gasteiger partial charge in [-0.2, -0.15) is 0 Å². The molecule has 0 aromatic heterocycles. The van der Waals surface area contributed by atoms with E-state index in [9.17, 15) is 17.6 Å². The molecule has 0 bridgehead atoms. The van der Waals surface area contributed by atoms with E-state index < -0.39 is 10.0 Å². The van der Waals surface area contributed by atoms with Crippen LogP contribution in [0.4, 0.5) is 4.39 Å². The minimum atomic E-state index is -3.72. The Bertz CT molecular complexity index is 1150. The maximum Gasteiger partial charge on any atom is 0.260 e. The van der Waals surface area contributed by atoms with Gasteiger partial charge in [-0.15, -0.1) is 0 Å². The SMILES string of the molecule is C[C@@H](NS(=O)(=O)c1ccc(OCC(=O)N(C)Cc2ccccc2F)cc1)c1ccccc1. The largest absolute Gasteiger partial charge is 0.484 e. The van der Waals surface area contributed by atoms with E-state index in [0.717, 1.165) is 5.56 Å². The molecule has 0 aliphatic rings. The van der Waals surface area contributed by atoms with Crippen LogP contribution < -0.4 is 9.46 Å². The molecule has 1 N–H and O–H groups in total. The van der Waals surface area contributed by atoms with Crippen molar-refractivity contribution in [3.05, 3.63) is 95.8 Å². The highest BCUT2D eigenvalue weighted by Gasteiger charge is 2.18. The van der Waals surface area contributed by atoms with Gasteiger partial charge in [0.2, 0.25) is 10.0 Å². The maximum atomic E-state index is 13.8. The molecular formula is C24H25FN2O4S. The number of carbonyl (C=O) groups excluding carboxylic acids is 1. The summed E-state index contributed by atoms with van der Waals surface area (Å²) < 4.78 is 47.1. The minimum Gasteiger partial charge on any atom is -0.484 e. The van der Waals surface area contributed by atoms with Crippen LogP contribution in [-0.4, -0.2) is 32.9 Å². The van der Waals surface area contributed by atoms with E-state index in [-0.39, 0.29) is 35.8 Å². The zero-order valence-corrected chi connectivity index (χ0v) is 18.7. The smallest absolute Gasteiger partial charge is 0.260 e. The number of hydrogen-bond acceptors (Lipinski definition) is 4. The fourth-order valence-corrected chi connectivity index (χ4v) is 4.28. The highest BCUT2D eigenvalue weighted by atomic mass is 32.2. The number of likely N-dealkylation sites (N-methyl/N-ethyl adjacent to an activating group) is 1. The van der Waals surface area contributed by atoms with Gasteiger partial charge >= 0.3 is 0 Å². The first-order chi connectivity index (χ1) is 15.3. The van der Waals surface area contributed by atoms with Crippen molar-refractivity contribution in [1.29, 1.82) is 0 Å². The van der Waals surface area contributed by atoms with Crippen LogP contribution in [0.1, 0.15) is 24.1 Å². The number of nitrogens with zero attached hydrogens (tertiary/aromatic N) is 1. The summed E-state index contributed by atoms with van der Waals surface area (Å²) in [5.74, 6) is -0.351. The fraction of sp³-hybridized carbons (Fsp3) is 0.208. The molecule has 3 aromatic carbocycles. The third-order valence-corrected chi connectivity index (χ3v) is 6.48. The number of sulfonamides is 1. The average molecular weight is 457 g/mol. The van der Waals surface area contributed by atoms with Crippen LogP contribution in [0.25, 0.3) is 0 Å². The Labute approximate surface area is 187 Å². The number of rotatable bonds is 9. The van der Waals surface area contributed by atoms with Gasteiger partial charge in [0.1, 0.15) is 11.6 Å². The van der Waals surface area contributed by atoms with E-state index in [4.69, 9.17) is 4.74 Å². The highest BCUT2D eigenvalue weighted by molar-refractivity contribution is 7.89. The lowest BCUT2D eigenvalue weighted by Gasteiger charge is -2.18. The van der Waals surface area contributed by atoms with Crippen molar-refractivity contribution in [3.8, 4) is 5.75 Å². The van der Waals surface area contributed by atoms with Gasteiger partial charge in [-0.05, 0) is 42.8 Å². The molecule has 3 aromatic rings. The summed E-state index contributed by atoms with van der Waals surface area (Å²) in [6.07, 6.45) is 0. The molecule has 6 nitrogen and oxygen atoms in total. The summed E-state index contributed by atoms with van der Waals surface area (Å²) in [6.45, 7) is 1.64. The first kappa shape index (κ1) is 23.4. The van der Waals surface area contributed by atoms with Crippen LogP contribution in [-0.2, 0) is 21.4 Å². The number of amides is 1. The van der Waals surface area contributed by atoms with Gasteiger partial charge in [0, 0.05) is 25.2 Å². The normalized spacial score (nSPS) is 12.2. The standard InChI is InChI=1S/C24H25FN2O4S/c1-18(19-8-4-3-5-9-19)26-32(29,30)22-14-12-21(13-15-22)31-17-24(28)27(2)16-20-10-6-7-11-23(20)25/h3-15,18,26H,16-17H2,1-2H3/t18-/m1/s1. The number of carbonyl (C=O) groups is 1. The quantitative estimate of drug-likeness (QED) is 0.530. The molecule has 0 unspecified atom stereocenters. The fourth-order valence-electron chi connectivity index (χ4n) is 3.05. The topological polar surface area (TPSA) is 75.7 Å². The summed E-state index contributed by atoms with van der Waals surface area (Å²) in [5, 5.41) is 0. The van der Waals surface area contributed by atoms with E-state index in [1.54, 1.807) is 32.2 Å². The van der Waals surface area contributed by atoms with Crippen LogP contribution in [0.2, 0.25) is 0 Å². The van der Waals surface area contributed by atoms with Gasteiger partial charge in [0.05, 0.1) is 4.90 Å². The Morgan fingerprint density at radius 1 is 1.00 bits per heavy atom. The molecule has 0 heterocycles. The molecule has 3 rings (SSSR count). The van der Waals surface area contributed by atoms with E-state index >= 15 is 0 Å². The number of ether oxygens (including phenoxy) is 1. The van der Waals surface area contributed by atoms with Crippen molar-refractivity contribution in [2.45, 2.75) is 24.4 Å². The highest BCUT2D eigenvalue weighted by Crippen LogP contribution is 2.19. The van der Waals surface area contributed by atoms with Crippen molar-refractivity contribution in [2.24, 2.45) is 0 Å². The predicted molar refractivity (Wildman–Crippen MR) is 120 cm³/mol. The molecule has 1 amide bonds.